The number of nitrogens with two attached hydrogens (primary N) is 1. The van der Waals surface area contributed by atoms with Crippen molar-refractivity contribution in [1.82, 2.24) is 4.98 Å². The van der Waals surface area contributed by atoms with E-state index in [4.69, 9.17) is 22.1 Å². The summed E-state index contributed by atoms with van der Waals surface area (Å²) in [5.74, 6) is -0.451. The highest BCUT2D eigenvalue weighted by atomic mass is 35.5. The van der Waals surface area contributed by atoms with Crippen LogP contribution in [-0.4, -0.2) is 17.6 Å². The quantitative estimate of drug-likeness (QED) is 0.873. The number of carbonyl (C=O) groups is 1. The van der Waals surface area contributed by atoms with E-state index in [1.807, 2.05) is 18.2 Å². The summed E-state index contributed by atoms with van der Waals surface area (Å²) in [6, 6.07) is 9.04. The van der Waals surface area contributed by atoms with E-state index in [2.05, 4.69) is 4.98 Å². The van der Waals surface area contributed by atoms with Gasteiger partial charge in [-0.05, 0) is 25.1 Å². The molecule has 4 nitrogen and oxygen atoms in total. The molecule has 0 spiro atoms. The Hall–Kier alpha value is -1.72. The van der Waals surface area contributed by atoms with Crippen molar-refractivity contribution in [1.29, 1.82) is 0 Å². The Labute approximate surface area is 126 Å². The average Bonchev–Trinajstić information content (AvgIpc) is 2.43. The Balaban J connectivity index is 2.28. The molecule has 0 amide bonds. The van der Waals surface area contributed by atoms with Gasteiger partial charge in [-0.15, -0.1) is 0 Å². The summed E-state index contributed by atoms with van der Waals surface area (Å²) >= 11 is 7.46. The molecule has 0 aliphatic rings. The van der Waals surface area contributed by atoms with E-state index in [-0.39, 0.29) is 0 Å². The number of anilines is 1. The Morgan fingerprint density at radius 1 is 1.45 bits per heavy atom. The number of hydrogen-bond acceptors (Lipinski definition) is 5. The van der Waals surface area contributed by atoms with Crippen molar-refractivity contribution in [3.8, 4) is 0 Å². The molecule has 6 heteroatoms. The molecule has 0 atom stereocenters. The molecule has 0 saturated heterocycles. The van der Waals surface area contributed by atoms with Crippen LogP contribution in [0.3, 0.4) is 0 Å². The van der Waals surface area contributed by atoms with Crippen LogP contribution >= 0.6 is 23.4 Å². The van der Waals surface area contributed by atoms with Gasteiger partial charge in [0.05, 0.1) is 29.1 Å². The van der Waals surface area contributed by atoms with Gasteiger partial charge in [0.15, 0.2) is 0 Å². The van der Waals surface area contributed by atoms with Crippen LogP contribution in [0.25, 0.3) is 0 Å². The summed E-state index contributed by atoms with van der Waals surface area (Å²) in [5, 5.41) is 1.27. The first kappa shape index (κ1) is 14.7. The highest BCUT2D eigenvalue weighted by molar-refractivity contribution is 7.99. The molecule has 1 heterocycles. The molecule has 0 saturated carbocycles. The molecule has 104 valence electrons. The van der Waals surface area contributed by atoms with Crippen molar-refractivity contribution in [2.75, 3.05) is 12.3 Å². The first-order valence-electron chi connectivity index (χ1n) is 5.97. The second kappa shape index (κ2) is 6.63. The molecule has 0 aliphatic heterocycles. The van der Waals surface area contributed by atoms with E-state index >= 15 is 0 Å². The molecule has 1 aromatic carbocycles. The summed E-state index contributed by atoms with van der Waals surface area (Å²) in [6.45, 7) is 2.04. The maximum Gasteiger partial charge on any atom is 0.340 e. The predicted octanol–water partition coefficient (Wildman–Crippen LogP) is 3.65. The van der Waals surface area contributed by atoms with Gasteiger partial charge >= 0.3 is 5.97 Å². The van der Waals surface area contributed by atoms with Crippen LogP contribution in [0, 0.1) is 0 Å². The van der Waals surface area contributed by atoms with Crippen LogP contribution < -0.4 is 5.73 Å². The first-order valence-corrected chi connectivity index (χ1v) is 7.16. The second-order valence-electron chi connectivity index (χ2n) is 3.86. The number of nitrogen functional groups attached to an aromatic ring is 1. The predicted molar refractivity (Wildman–Crippen MR) is 80.2 cm³/mol. The molecule has 0 fully saturated rings. The number of halogens is 1. The van der Waals surface area contributed by atoms with Gasteiger partial charge in [0.1, 0.15) is 5.03 Å². The molecule has 2 N–H and O–H groups in total. The van der Waals surface area contributed by atoms with Gasteiger partial charge in [0, 0.05) is 4.90 Å². The Morgan fingerprint density at radius 2 is 2.20 bits per heavy atom. The molecule has 0 radical (unpaired) electrons. The van der Waals surface area contributed by atoms with E-state index in [0.717, 1.165) is 4.90 Å². The fourth-order valence-corrected chi connectivity index (χ4v) is 2.60. The third-order valence-corrected chi connectivity index (χ3v) is 3.91. The van der Waals surface area contributed by atoms with E-state index < -0.39 is 5.97 Å². The van der Waals surface area contributed by atoms with E-state index in [1.54, 1.807) is 19.1 Å². The van der Waals surface area contributed by atoms with E-state index in [0.29, 0.717) is 27.9 Å². The number of esters is 1. The molecular weight excluding hydrogens is 296 g/mol. The normalized spacial score (nSPS) is 10.3. The maximum absolute atomic E-state index is 11.8. The van der Waals surface area contributed by atoms with Crippen molar-refractivity contribution in [2.45, 2.75) is 16.8 Å². The average molecular weight is 309 g/mol. The lowest BCUT2D eigenvalue weighted by molar-refractivity contribution is 0.0527. The fourth-order valence-electron chi connectivity index (χ4n) is 1.53. The molecule has 2 rings (SSSR count). The lowest BCUT2D eigenvalue weighted by atomic mass is 10.2. The number of ether oxygens (including phenoxy) is 1. The first-order chi connectivity index (χ1) is 9.61. The molecule has 2 aromatic rings. The number of rotatable bonds is 4. The zero-order valence-electron chi connectivity index (χ0n) is 10.8. The van der Waals surface area contributed by atoms with Gasteiger partial charge in [0.25, 0.3) is 0 Å². The van der Waals surface area contributed by atoms with Crippen molar-refractivity contribution < 1.29 is 9.53 Å². The lowest BCUT2D eigenvalue weighted by Crippen LogP contribution is -2.08. The van der Waals surface area contributed by atoms with Crippen LogP contribution in [-0.2, 0) is 4.74 Å². The molecule has 0 aliphatic carbocycles. The summed E-state index contributed by atoms with van der Waals surface area (Å²) < 4.78 is 4.96. The van der Waals surface area contributed by atoms with Crippen molar-refractivity contribution in [2.24, 2.45) is 0 Å². The van der Waals surface area contributed by atoms with Gasteiger partial charge in [-0.1, -0.05) is 35.5 Å². The largest absolute Gasteiger partial charge is 0.462 e. The number of benzene rings is 1. The van der Waals surface area contributed by atoms with Gasteiger partial charge in [-0.25, -0.2) is 9.78 Å². The summed E-state index contributed by atoms with van der Waals surface area (Å²) in [4.78, 5) is 16.8. The lowest BCUT2D eigenvalue weighted by Gasteiger charge is -2.08. The van der Waals surface area contributed by atoms with Crippen molar-refractivity contribution in [3.05, 3.63) is 47.1 Å². The smallest absolute Gasteiger partial charge is 0.340 e. The number of aromatic nitrogens is 1. The van der Waals surface area contributed by atoms with Gasteiger partial charge < -0.3 is 10.5 Å². The minimum atomic E-state index is -0.451. The van der Waals surface area contributed by atoms with Crippen molar-refractivity contribution in [3.63, 3.8) is 0 Å². The van der Waals surface area contributed by atoms with Crippen LogP contribution in [0.5, 0.6) is 0 Å². The molecule has 20 heavy (non-hydrogen) atoms. The van der Waals surface area contributed by atoms with E-state index in [1.165, 1.54) is 18.0 Å². The Morgan fingerprint density at radius 3 is 2.90 bits per heavy atom. The Kier molecular flexibility index (Phi) is 4.87. The van der Waals surface area contributed by atoms with Crippen LogP contribution in [0.1, 0.15) is 17.3 Å². The standard InChI is InChI=1S/C14H13ClN2O2S/c1-2-19-14(18)9-7-13(17-8-11(9)16)20-12-6-4-3-5-10(12)15/h3-8H,2,16H2,1H3. The number of nitrogens with zero attached hydrogens (tertiary/aromatic N) is 1. The summed E-state index contributed by atoms with van der Waals surface area (Å²) in [5.41, 5.74) is 6.36. The van der Waals surface area contributed by atoms with Gasteiger partial charge in [-0.2, -0.15) is 0 Å². The van der Waals surface area contributed by atoms with Crippen LogP contribution in [0.15, 0.2) is 46.5 Å². The minimum absolute atomic E-state index is 0.298. The zero-order valence-corrected chi connectivity index (χ0v) is 12.4. The van der Waals surface area contributed by atoms with E-state index in [9.17, 15) is 4.79 Å². The van der Waals surface area contributed by atoms with Crippen LogP contribution in [0.4, 0.5) is 5.69 Å². The zero-order chi connectivity index (χ0) is 14.5. The fraction of sp³-hybridized carbons (Fsp3) is 0.143. The molecule has 0 bridgehead atoms. The summed E-state index contributed by atoms with van der Waals surface area (Å²) in [6.07, 6.45) is 1.45. The third kappa shape index (κ3) is 3.43. The molecular formula is C14H13ClN2O2S. The molecule has 1 aromatic heterocycles. The number of hydrogen-bond donors (Lipinski definition) is 1. The van der Waals surface area contributed by atoms with Crippen LogP contribution in [0.2, 0.25) is 5.02 Å². The SMILES string of the molecule is CCOC(=O)c1cc(Sc2ccccc2Cl)ncc1N. The number of pyridine rings is 1. The molecule has 0 unspecified atom stereocenters. The highest BCUT2D eigenvalue weighted by Crippen LogP contribution is 2.32. The number of carbonyl (C=O) groups excluding carboxylic acids is 1. The third-order valence-electron chi connectivity index (χ3n) is 2.46. The second-order valence-corrected chi connectivity index (χ2v) is 5.33. The maximum atomic E-state index is 11.8. The van der Waals surface area contributed by atoms with Crippen molar-refractivity contribution >= 4 is 35.0 Å². The monoisotopic (exact) mass is 308 g/mol. The van der Waals surface area contributed by atoms with Gasteiger partial charge in [0.2, 0.25) is 0 Å². The Bertz CT molecular complexity index is 634. The highest BCUT2D eigenvalue weighted by Gasteiger charge is 2.13. The summed E-state index contributed by atoms with van der Waals surface area (Å²) in [7, 11) is 0. The minimum Gasteiger partial charge on any atom is -0.462 e. The topological polar surface area (TPSA) is 65.2 Å². The van der Waals surface area contributed by atoms with Gasteiger partial charge in [-0.3, -0.25) is 0 Å².